The Balaban J connectivity index is 1.83. The summed E-state index contributed by atoms with van der Waals surface area (Å²) in [6.07, 6.45) is 4.41. The third-order valence-corrected chi connectivity index (χ3v) is 4.47. The highest BCUT2D eigenvalue weighted by molar-refractivity contribution is 6.40. The van der Waals surface area contributed by atoms with Crippen molar-refractivity contribution in [1.29, 1.82) is 0 Å². The van der Waals surface area contributed by atoms with E-state index in [1.165, 1.54) is 29.3 Å². The number of hydrogen-bond acceptors (Lipinski definition) is 4. The predicted molar refractivity (Wildman–Crippen MR) is 89.0 cm³/mol. The van der Waals surface area contributed by atoms with Crippen LogP contribution in [-0.2, 0) is 9.59 Å². The second kappa shape index (κ2) is 6.98. The predicted octanol–water partition coefficient (Wildman–Crippen LogP) is 1.65. The van der Waals surface area contributed by atoms with Gasteiger partial charge in [-0.15, -0.1) is 0 Å². The zero-order valence-electron chi connectivity index (χ0n) is 13.4. The van der Waals surface area contributed by atoms with Crippen molar-refractivity contribution in [2.24, 2.45) is 10.8 Å². The maximum atomic E-state index is 13.1. The topological polar surface area (TPSA) is 79.0 Å². The number of carbonyl (C=O) groups excluding carboxylic acids is 2. The van der Waals surface area contributed by atoms with Crippen LogP contribution < -0.4 is 10.7 Å². The number of benzene rings is 1. The van der Waals surface area contributed by atoms with E-state index in [1.54, 1.807) is 4.90 Å². The lowest BCUT2D eigenvalue weighted by molar-refractivity contribution is -0.124. The average molecular weight is 332 g/mol. The minimum atomic E-state index is -0.721. The van der Waals surface area contributed by atoms with Gasteiger partial charge in [0.25, 0.3) is 5.91 Å². The van der Waals surface area contributed by atoms with Gasteiger partial charge in [0.1, 0.15) is 17.6 Å². The molecule has 2 aliphatic rings. The molecule has 2 amide bonds. The summed E-state index contributed by atoms with van der Waals surface area (Å²) < 4.78 is 13.1. The maximum Gasteiger partial charge on any atom is 0.270 e. The summed E-state index contributed by atoms with van der Waals surface area (Å²) in [4.78, 5) is 26.3. The first kappa shape index (κ1) is 16.4. The summed E-state index contributed by atoms with van der Waals surface area (Å²) in [7, 11) is 0. The van der Waals surface area contributed by atoms with Crippen LogP contribution in [0.5, 0.6) is 0 Å². The Morgan fingerprint density at radius 2 is 1.71 bits per heavy atom. The van der Waals surface area contributed by atoms with Crippen molar-refractivity contribution in [3.05, 3.63) is 30.1 Å². The third kappa shape index (κ3) is 3.39. The van der Waals surface area contributed by atoms with Gasteiger partial charge in [0.05, 0.1) is 5.69 Å². The SMILES string of the molecule is NC(=O)C1CC(C(=O)N2CCCCCC2)=NN1c1ccc(F)cc1. The maximum absolute atomic E-state index is 13.1. The number of nitrogens with two attached hydrogens (primary N) is 1. The van der Waals surface area contributed by atoms with Gasteiger partial charge in [0.15, 0.2) is 0 Å². The van der Waals surface area contributed by atoms with Gasteiger partial charge in [-0.05, 0) is 37.1 Å². The Kier molecular flexibility index (Phi) is 4.78. The second-order valence-electron chi connectivity index (χ2n) is 6.20. The Labute approximate surface area is 140 Å². The van der Waals surface area contributed by atoms with Crippen LogP contribution in [0.3, 0.4) is 0 Å². The van der Waals surface area contributed by atoms with Crippen molar-refractivity contribution < 1.29 is 14.0 Å². The number of amides is 2. The van der Waals surface area contributed by atoms with Gasteiger partial charge in [-0.25, -0.2) is 4.39 Å². The standard InChI is InChI=1S/C17H21FN4O2/c18-12-5-7-13(8-6-12)22-15(16(19)23)11-14(20-22)17(24)21-9-3-1-2-4-10-21/h5-8,15H,1-4,9-11H2,(H2,19,23). The van der Waals surface area contributed by atoms with E-state index >= 15 is 0 Å². The Hall–Kier alpha value is -2.44. The first-order valence-electron chi connectivity index (χ1n) is 8.27. The van der Waals surface area contributed by atoms with Gasteiger partial charge in [-0.2, -0.15) is 5.10 Å². The number of hydrogen-bond donors (Lipinski definition) is 1. The molecule has 7 heteroatoms. The molecule has 1 fully saturated rings. The lowest BCUT2D eigenvalue weighted by Crippen LogP contribution is -2.40. The summed E-state index contributed by atoms with van der Waals surface area (Å²) in [5.74, 6) is -1.06. The number of likely N-dealkylation sites (tertiary alicyclic amines) is 1. The molecule has 24 heavy (non-hydrogen) atoms. The van der Waals surface area contributed by atoms with E-state index in [4.69, 9.17) is 5.73 Å². The number of rotatable bonds is 3. The highest BCUT2D eigenvalue weighted by atomic mass is 19.1. The van der Waals surface area contributed by atoms with Crippen LogP contribution in [0.4, 0.5) is 10.1 Å². The minimum Gasteiger partial charge on any atom is -0.368 e. The summed E-state index contributed by atoms with van der Waals surface area (Å²) in [6.45, 7) is 1.44. The highest BCUT2D eigenvalue weighted by Gasteiger charge is 2.36. The molecule has 2 N–H and O–H groups in total. The van der Waals surface area contributed by atoms with Crippen LogP contribution in [0.15, 0.2) is 29.4 Å². The monoisotopic (exact) mass is 332 g/mol. The normalized spacial score (nSPS) is 21.4. The second-order valence-corrected chi connectivity index (χ2v) is 6.20. The molecule has 0 radical (unpaired) electrons. The van der Waals surface area contributed by atoms with Crippen molar-refractivity contribution in [1.82, 2.24) is 4.90 Å². The first-order chi connectivity index (χ1) is 11.6. The van der Waals surface area contributed by atoms with E-state index in [0.717, 1.165) is 38.8 Å². The van der Waals surface area contributed by atoms with Crippen molar-refractivity contribution in [2.45, 2.75) is 38.1 Å². The molecule has 1 saturated heterocycles. The highest BCUT2D eigenvalue weighted by Crippen LogP contribution is 2.25. The molecular formula is C17H21FN4O2. The van der Waals surface area contributed by atoms with Crippen LogP contribution in [0.2, 0.25) is 0 Å². The molecule has 2 heterocycles. The van der Waals surface area contributed by atoms with Gasteiger partial charge in [0.2, 0.25) is 5.91 Å². The molecule has 2 aliphatic heterocycles. The largest absolute Gasteiger partial charge is 0.368 e. The van der Waals surface area contributed by atoms with Crippen molar-refractivity contribution in [3.63, 3.8) is 0 Å². The molecule has 0 spiro atoms. The number of hydrazone groups is 1. The number of halogens is 1. The van der Waals surface area contributed by atoms with E-state index in [9.17, 15) is 14.0 Å². The zero-order valence-corrected chi connectivity index (χ0v) is 13.4. The molecule has 1 unspecified atom stereocenters. The quantitative estimate of drug-likeness (QED) is 0.914. The van der Waals surface area contributed by atoms with Gasteiger partial charge < -0.3 is 10.6 Å². The van der Waals surface area contributed by atoms with Crippen molar-refractivity contribution in [3.8, 4) is 0 Å². The molecule has 0 aliphatic carbocycles. The Bertz CT molecular complexity index is 651. The molecule has 3 rings (SSSR count). The molecule has 128 valence electrons. The van der Waals surface area contributed by atoms with Gasteiger partial charge in [-0.3, -0.25) is 14.6 Å². The summed E-state index contributed by atoms with van der Waals surface area (Å²) in [5.41, 5.74) is 6.35. The summed E-state index contributed by atoms with van der Waals surface area (Å²) >= 11 is 0. The third-order valence-electron chi connectivity index (χ3n) is 4.47. The lowest BCUT2D eigenvalue weighted by atomic mass is 10.1. The molecule has 0 bridgehead atoms. The lowest BCUT2D eigenvalue weighted by Gasteiger charge is -2.20. The van der Waals surface area contributed by atoms with E-state index < -0.39 is 11.9 Å². The fourth-order valence-electron chi connectivity index (χ4n) is 3.15. The number of nitrogens with zero attached hydrogens (tertiary/aromatic N) is 3. The Morgan fingerprint density at radius 1 is 1.08 bits per heavy atom. The van der Waals surface area contributed by atoms with E-state index in [1.807, 2.05) is 0 Å². The molecule has 0 aromatic heterocycles. The Morgan fingerprint density at radius 3 is 2.29 bits per heavy atom. The van der Waals surface area contributed by atoms with E-state index in [2.05, 4.69) is 5.10 Å². The summed E-state index contributed by atoms with van der Waals surface area (Å²) in [6, 6.07) is 4.90. The number of primary amides is 1. The number of anilines is 1. The van der Waals surface area contributed by atoms with E-state index in [0.29, 0.717) is 11.4 Å². The van der Waals surface area contributed by atoms with Crippen LogP contribution >= 0.6 is 0 Å². The molecule has 1 atom stereocenters. The molecular weight excluding hydrogens is 311 g/mol. The van der Waals surface area contributed by atoms with Crippen LogP contribution in [0.25, 0.3) is 0 Å². The van der Waals surface area contributed by atoms with Crippen molar-refractivity contribution >= 4 is 23.2 Å². The van der Waals surface area contributed by atoms with Crippen LogP contribution in [-0.4, -0.2) is 41.6 Å². The van der Waals surface area contributed by atoms with Gasteiger partial charge >= 0.3 is 0 Å². The average Bonchev–Trinajstić information content (AvgIpc) is 2.84. The van der Waals surface area contributed by atoms with Crippen LogP contribution in [0.1, 0.15) is 32.1 Å². The van der Waals surface area contributed by atoms with Crippen LogP contribution in [0, 0.1) is 5.82 Å². The van der Waals surface area contributed by atoms with Gasteiger partial charge in [-0.1, -0.05) is 12.8 Å². The fourth-order valence-corrected chi connectivity index (χ4v) is 3.15. The van der Waals surface area contributed by atoms with E-state index in [-0.39, 0.29) is 18.1 Å². The molecule has 1 aromatic rings. The molecule has 0 saturated carbocycles. The smallest absolute Gasteiger partial charge is 0.270 e. The number of carbonyl (C=O) groups is 2. The summed E-state index contributed by atoms with van der Waals surface area (Å²) in [5, 5.41) is 5.76. The zero-order chi connectivity index (χ0) is 17.1. The van der Waals surface area contributed by atoms with Gasteiger partial charge in [0, 0.05) is 19.5 Å². The minimum absolute atomic E-state index is 0.132. The first-order valence-corrected chi connectivity index (χ1v) is 8.27. The molecule has 1 aromatic carbocycles. The molecule has 6 nitrogen and oxygen atoms in total. The fraction of sp³-hybridized carbons (Fsp3) is 0.471. The van der Waals surface area contributed by atoms with Crippen molar-refractivity contribution in [2.75, 3.05) is 18.1 Å².